The summed E-state index contributed by atoms with van der Waals surface area (Å²) in [6.07, 6.45) is 0.876. The smallest absolute Gasteiger partial charge is 0.310 e. The number of hydrogen-bond acceptors (Lipinski definition) is 4. The molecule has 0 spiro atoms. The van der Waals surface area contributed by atoms with Gasteiger partial charge in [-0.25, -0.2) is 0 Å². The Kier molecular flexibility index (Phi) is 2.39. The highest BCUT2D eigenvalue weighted by atomic mass is 16.6. The average Bonchev–Trinajstić information content (AvgIpc) is 2.78. The van der Waals surface area contributed by atoms with Gasteiger partial charge in [0, 0.05) is 11.6 Å². The second kappa shape index (κ2) is 3.43. The van der Waals surface area contributed by atoms with Gasteiger partial charge in [0.15, 0.2) is 5.75 Å². The van der Waals surface area contributed by atoms with Crippen LogP contribution in [0.2, 0.25) is 0 Å². The molecular weight excluding hydrogens is 220 g/mol. The van der Waals surface area contributed by atoms with Crippen LogP contribution in [-0.2, 0) is 5.54 Å². The Morgan fingerprint density at radius 2 is 2.06 bits per heavy atom. The van der Waals surface area contributed by atoms with Crippen LogP contribution in [0.4, 0.5) is 5.69 Å². The standard InChI is InChI=1S/C12H16N2O3/c1-11(2)7-12(11,13)8-4-5-9(14(15)16)10(6-8)17-3/h4-6H,7,13H2,1-3H3. The van der Waals surface area contributed by atoms with Gasteiger partial charge in [0.2, 0.25) is 0 Å². The average molecular weight is 236 g/mol. The molecule has 1 fully saturated rings. The molecule has 0 saturated heterocycles. The van der Waals surface area contributed by atoms with Crippen molar-refractivity contribution in [2.45, 2.75) is 25.8 Å². The highest BCUT2D eigenvalue weighted by molar-refractivity contribution is 5.51. The number of nitro benzene ring substituents is 1. The maximum absolute atomic E-state index is 10.8. The molecule has 1 aliphatic rings. The van der Waals surface area contributed by atoms with E-state index in [4.69, 9.17) is 10.5 Å². The predicted octanol–water partition coefficient (Wildman–Crippen LogP) is 2.19. The van der Waals surface area contributed by atoms with Crippen LogP contribution in [0.25, 0.3) is 0 Å². The van der Waals surface area contributed by atoms with E-state index in [1.54, 1.807) is 12.1 Å². The fraction of sp³-hybridized carbons (Fsp3) is 0.500. The van der Waals surface area contributed by atoms with Gasteiger partial charge in [-0.15, -0.1) is 0 Å². The lowest BCUT2D eigenvalue weighted by Crippen LogP contribution is -2.25. The Labute approximate surface area is 99.7 Å². The maximum atomic E-state index is 10.8. The van der Waals surface area contributed by atoms with Gasteiger partial charge in [0.1, 0.15) is 0 Å². The van der Waals surface area contributed by atoms with Crippen LogP contribution in [0.5, 0.6) is 5.75 Å². The van der Waals surface area contributed by atoms with E-state index in [1.807, 2.05) is 0 Å². The number of nitrogens with two attached hydrogens (primary N) is 1. The zero-order chi connectivity index (χ0) is 12.8. The van der Waals surface area contributed by atoms with Crippen molar-refractivity contribution in [2.75, 3.05) is 7.11 Å². The van der Waals surface area contributed by atoms with Crippen molar-refractivity contribution in [3.63, 3.8) is 0 Å². The van der Waals surface area contributed by atoms with E-state index in [9.17, 15) is 10.1 Å². The molecule has 0 aliphatic heterocycles. The van der Waals surface area contributed by atoms with Crippen molar-refractivity contribution in [3.8, 4) is 5.75 Å². The number of rotatable bonds is 3. The van der Waals surface area contributed by atoms with Crippen LogP contribution in [-0.4, -0.2) is 12.0 Å². The van der Waals surface area contributed by atoms with Gasteiger partial charge >= 0.3 is 5.69 Å². The first kappa shape index (κ1) is 11.9. The fourth-order valence-corrected chi connectivity index (χ4v) is 2.25. The zero-order valence-corrected chi connectivity index (χ0v) is 10.2. The van der Waals surface area contributed by atoms with E-state index in [0.29, 0.717) is 0 Å². The molecule has 5 nitrogen and oxygen atoms in total. The largest absolute Gasteiger partial charge is 0.490 e. The van der Waals surface area contributed by atoms with Gasteiger partial charge in [-0.1, -0.05) is 19.9 Å². The van der Waals surface area contributed by atoms with Crippen LogP contribution in [0.15, 0.2) is 18.2 Å². The van der Waals surface area contributed by atoms with E-state index in [1.165, 1.54) is 13.2 Å². The van der Waals surface area contributed by atoms with E-state index in [-0.39, 0.29) is 16.9 Å². The highest BCUT2D eigenvalue weighted by Crippen LogP contribution is 2.60. The van der Waals surface area contributed by atoms with Crippen molar-refractivity contribution in [3.05, 3.63) is 33.9 Å². The predicted molar refractivity (Wildman–Crippen MR) is 63.9 cm³/mol. The molecule has 0 amide bonds. The number of nitrogens with zero attached hydrogens (tertiary/aromatic N) is 1. The van der Waals surface area contributed by atoms with Crippen LogP contribution < -0.4 is 10.5 Å². The Balaban J connectivity index is 2.44. The molecule has 0 heterocycles. The third kappa shape index (κ3) is 1.67. The first-order chi connectivity index (χ1) is 7.82. The highest BCUT2D eigenvalue weighted by Gasteiger charge is 2.59. The minimum Gasteiger partial charge on any atom is -0.490 e. The summed E-state index contributed by atoms with van der Waals surface area (Å²) in [6.45, 7) is 4.17. The van der Waals surface area contributed by atoms with E-state index >= 15 is 0 Å². The van der Waals surface area contributed by atoms with Gasteiger partial charge in [-0.3, -0.25) is 10.1 Å². The first-order valence-electron chi connectivity index (χ1n) is 5.43. The van der Waals surface area contributed by atoms with Crippen LogP contribution in [0.1, 0.15) is 25.8 Å². The van der Waals surface area contributed by atoms with E-state index in [2.05, 4.69) is 13.8 Å². The monoisotopic (exact) mass is 236 g/mol. The second-order valence-corrected chi connectivity index (χ2v) is 5.18. The summed E-state index contributed by atoms with van der Waals surface area (Å²) in [6, 6.07) is 4.85. The molecule has 0 bridgehead atoms. The summed E-state index contributed by atoms with van der Waals surface area (Å²) in [7, 11) is 1.42. The van der Waals surface area contributed by atoms with Crippen molar-refractivity contribution < 1.29 is 9.66 Å². The minimum absolute atomic E-state index is 0.0293. The molecule has 1 atom stereocenters. The normalized spacial score (nSPS) is 25.4. The number of ether oxygens (including phenoxy) is 1. The van der Waals surface area contributed by atoms with Gasteiger partial charge in [0.05, 0.1) is 12.0 Å². The Morgan fingerprint density at radius 3 is 2.47 bits per heavy atom. The summed E-state index contributed by atoms with van der Waals surface area (Å²) in [4.78, 5) is 10.3. The quantitative estimate of drug-likeness (QED) is 0.644. The third-order valence-corrected chi connectivity index (χ3v) is 3.70. The second-order valence-electron chi connectivity index (χ2n) is 5.18. The molecular formula is C12H16N2O3. The van der Waals surface area contributed by atoms with Crippen LogP contribution in [0, 0.1) is 15.5 Å². The zero-order valence-electron chi connectivity index (χ0n) is 10.2. The molecule has 1 aromatic carbocycles. The molecule has 2 rings (SSSR count). The first-order valence-corrected chi connectivity index (χ1v) is 5.43. The summed E-state index contributed by atoms with van der Waals surface area (Å²) >= 11 is 0. The van der Waals surface area contributed by atoms with Gasteiger partial charge in [-0.2, -0.15) is 0 Å². The lowest BCUT2D eigenvalue weighted by atomic mass is 9.96. The minimum atomic E-state index is -0.455. The van der Waals surface area contributed by atoms with Crippen molar-refractivity contribution in [1.29, 1.82) is 0 Å². The SMILES string of the molecule is COc1cc(C2(N)CC2(C)C)ccc1[N+](=O)[O-]. The molecule has 1 aromatic rings. The molecule has 2 N–H and O–H groups in total. The maximum Gasteiger partial charge on any atom is 0.310 e. The lowest BCUT2D eigenvalue weighted by molar-refractivity contribution is -0.385. The fourth-order valence-electron chi connectivity index (χ4n) is 2.25. The molecule has 1 aliphatic carbocycles. The molecule has 5 heteroatoms. The Bertz CT molecular complexity index is 485. The summed E-state index contributed by atoms with van der Waals surface area (Å²) < 4.78 is 5.04. The number of benzene rings is 1. The third-order valence-electron chi connectivity index (χ3n) is 3.70. The number of nitro groups is 1. The summed E-state index contributed by atoms with van der Waals surface area (Å²) in [5.41, 5.74) is 6.78. The van der Waals surface area contributed by atoms with Gasteiger partial charge in [0.25, 0.3) is 0 Å². The number of methoxy groups -OCH3 is 1. The Morgan fingerprint density at radius 1 is 1.47 bits per heavy atom. The van der Waals surface area contributed by atoms with Crippen LogP contribution >= 0.6 is 0 Å². The van der Waals surface area contributed by atoms with E-state index in [0.717, 1.165) is 12.0 Å². The van der Waals surface area contributed by atoms with Gasteiger partial charge in [-0.05, 0) is 23.5 Å². The van der Waals surface area contributed by atoms with Crippen molar-refractivity contribution >= 4 is 5.69 Å². The lowest BCUT2D eigenvalue weighted by Gasteiger charge is -2.16. The van der Waals surface area contributed by atoms with Crippen molar-refractivity contribution in [1.82, 2.24) is 0 Å². The van der Waals surface area contributed by atoms with Gasteiger partial charge < -0.3 is 10.5 Å². The summed E-state index contributed by atoms with van der Waals surface area (Å²) in [5, 5.41) is 10.8. The van der Waals surface area contributed by atoms with E-state index < -0.39 is 10.5 Å². The summed E-state index contributed by atoms with van der Waals surface area (Å²) in [5.74, 6) is 0.264. The molecule has 92 valence electrons. The van der Waals surface area contributed by atoms with Crippen molar-refractivity contribution in [2.24, 2.45) is 11.1 Å². The Hall–Kier alpha value is -1.62. The molecule has 1 saturated carbocycles. The molecule has 1 unspecified atom stereocenters. The molecule has 17 heavy (non-hydrogen) atoms. The molecule has 0 aromatic heterocycles. The number of hydrogen-bond donors (Lipinski definition) is 1. The molecule has 0 radical (unpaired) electrons. The topological polar surface area (TPSA) is 78.4 Å². The van der Waals surface area contributed by atoms with Crippen LogP contribution in [0.3, 0.4) is 0 Å².